The van der Waals surface area contributed by atoms with Crippen LogP contribution in [0.15, 0.2) is 42.5 Å². The number of ether oxygens (including phenoxy) is 2. The number of carbonyl (C=O) groups excluding carboxylic acids is 2. The van der Waals surface area contributed by atoms with E-state index in [-0.39, 0.29) is 11.9 Å². The van der Waals surface area contributed by atoms with Crippen molar-refractivity contribution in [1.29, 1.82) is 5.26 Å². The Balaban J connectivity index is 1.25. The number of fused-ring (bicyclic) bond motifs is 2. The lowest BCUT2D eigenvalue weighted by molar-refractivity contribution is -0.133. The second-order valence-corrected chi connectivity index (χ2v) is 9.68. The van der Waals surface area contributed by atoms with Crippen LogP contribution in [0.2, 0.25) is 0 Å². The summed E-state index contributed by atoms with van der Waals surface area (Å²) in [4.78, 5) is 27.1. The van der Waals surface area contributed by atoms with Gasteiger partial charge in [-0.15, -0.1) is 0 Å². The summed E-state index contributed by atoms with van der Waals surface area (Å²) in [6.45, 7) is 3.29. The standard InChI is InChI=1S/C27H30N4O4/c1-31-16-27(17-31)23-13-20(8-9-22(23)26(33)35-27)19-6-4-18(5-7-19)12-21(14-28)30-25(32)24-15-29-10-2-3-11-34-24/h4-9,13,21,24,29H,2-3,10-12,15-17H2,1H3,(H,30,32)/t21-,24?/m0/s1. The van der Waals surface area contributed by atoms with Crippen molar-refractivity contribution in [3.8, 4) is 17.2 Å². The Morgan fingerprint density at radius 3 is 2.74 bits per heavy atom. The molecule has 8 nitrogen and oxygen atoms in total. The van der Waals surface area contributed by atoms with Crippen molar-refractivity contribution in [2.75, 3.05) is 39.8 Å². The van der Waals surface area contributed by atoms with Gasteiger partial charge in [0.15, 0.2) is 5.60 Å². The molecule has 0 aromatic heterocycles. The summed E-state index contributed by atoms with van der Waals surface area (Å²) in [6.07, 6.45) is 1.77. The molecule has 3 aliphatic heterocycles. The largest absolute Gasteiger partial charge is 0.448 e. The molecule has 2 N–H and O–H groups in total. The van der Waals surface area contributed by atoms with Crippen molar-refractivity contribution in [3.05, 3.63) is 59.2 Å². The van der Waals surface area contributed by atoms with Crippen LogP contribution in [0.3, 0.4) is 0 Å². The van der Waals surface area contributed by atoms with Gasteiger partial charge in [0.05, 0.1) is 11.6 Å². The topological polar surface area (TPSA) is 104 Å². The van der Waals surface area contributed by atoms with Crippen LogP contribution in [0.5, 0.6) is 0 Å². The van der Waals surface area contributed by atoms with Crippen LogP contribution in [-0.2, 0) is 26.3 Å². The summed E-state index contributed by atoms with van der Waals surface area (Å²) in [5.41, 5.74) is 4.07. The van der Waals surface area contributed by atoms with Gasteiger partial charge in [0.2, 0.25) is 0 Å². The van der Waals surface area contributed by atoms with Crippen LogP contribution >= 0.6 is 0 Å². The fourth-order valence-corrected chi connectivity index (χ4v) is 5.13. The molecule has 1 amide bonds. The highest BCUT2D eigenvalue weighted by Gasteiger charge is 2.52. The van der Waals surface area contributed by atoms with Crippen LogP contribution in [0, 0.1) is 11.3 Å². The van der Waals surface area contributed by atoms with Gasteiger partial charge < -0.3 is 20.1 Å². The molecule has 182 valence electrons. The van der Waals surface area contributed by atoms with Gasteiger partial charge in [0.1, 0.15) is 12.1 Å². The number of hydrogen-bond acceptors (Lipinski definition) is 7. The second-order valence-electron chi connectivity index (χ2n) is 9.68. The molecule has 2 saturated heterocycles. The average Bonchev–Trinajstić information content (AvgIpc) is 3.10. The van der Waals surface area contributed by atoms with E-state index in [2.05, 4.69) is 27.7 Å². The Bertz CT molecular complexity index is 1140. The number of nitrogens with one attached hydrogen (secondary N) is 2. The number of benzene rings is 2. The third-order valence-corrected chi connectivity index (χ3v) is 6.96. The van der Waals surface area contributed by atoms with E-state index in [4.69, 9.17) is 9.47 Å². The minimum Gasteiger partial charge on any atom is -0.448 e. The van der Waals surface area contributed by atoms with Crippen LogP contribution in [0.25, 0.3) is 11.1 Å². The zero-order valence-electron chi connectivity index (χ0n) is 19.9. The third kappa shape index (κ3) is 4.80. The van der Waals surface area contributed by atoms with Gasteiger partial charge in [0, 0.05) is 38.2 Å². The Kier molecular flexibility index (Phi) is 6.56. The summed E-state index contributed by atoms with van der Waals surface area (Å²) in [5.74, 6) is -0.506. The predicted molar refractivity (Wildman–Crippen MR) is 130 cm³/mol. The molecule has 0 aliphatic carbocycles. The first-order chi connectivity index (χ1) is 17.0. The fraction of sp³-hybridized carbons (Fsp3) is 0.444. The Labute approximate surface area is 205 Å². The molecule has 1 unspecified atom stereocenters. The van der Waals surface area contributed by atoms with E-state index >= 15 is 0 Å². The van der Waals surface area contributed by atoms with E-state index in [0.29, 0.717) is 38.2 Å². The summed E-state index contributed by atoms with van der Waals surface area (Å²) in [7, 11) is 2.01. The van der Waals surface area contributed by atoms with E-state index in [1.807, 2.05) is 43.4 Å². The van der Waals surface area contributed by atoms with Crippen molar-refractivity contribution in [2.45, 2.75) is 37.0 Å². The summed E-state index contributed by atoms with van der Waals surface area (Å²) >= 11 is 0. The number of nitriles is 1. The van der Waals surface area contributed by atoms with Gasteiger partial charge >= 0.3 is 5.97 Å². The molecular weight excluding hydrogens is 444 g/mol. The van der Waals surface area contributed by atoms with Crippen molar-refractivity contribution >= 4 is 11.9 Å². The van der Waals surface area contributed by atoms with Crippen LogP contribution in [0.4, 0.5) is 0 Å². The lowest BCUT2D eigenvalue weighted by Gasteiger charge is -2.44. The number of likely N-dealkylation sites (N-methyl/N-ethyl adjacent to an activating group) is 1. The summed E-state index contributed by atoms with van der Waals surface area (Å²) in [5, 5.41) is 15.6. The number of rotatable bonds is 5. The molecule has 5 rings (SSSR count). The van der Waals surface area contributed by atoms with Gasteiger partial charge in [-0.25, -0.2) is 4.79 Å². The van der Waals surface area contributed by atoms with Crippen molar-refractivity contribution in [3.63, 3.8) is 0 Å². The first-order valence-corrected chi connectivity index (χ1v) is 12.2. The minimum absolute atomic E-state index is 0.250. The van der Waals surface area contributed by atoms with E-state index < -0.39 is 17.7 Å². The number of nitrogens with zero attached hydrogens (tertiary/aromatic N) is 2. The predicted octanol–water partition coefficient (Wildman–Crippen LogP) is 1.98. The molecule has 0 bridgehead atoms. The first kappa shape index (κ1) is 23.5. The number of carbonyl (C=O) groups is 2. The Morgan fingerprint density at radius 2 is 2.00 bits per heavy atom. The lowest BCUT2D eigenvalue weighted by atomic mass is 9.84. The molecule has 35 heavy (non-hydrogen) atoms. The molecule has 2 aromatic carbocycles. The van der Waals surface area contributed by atoms with Gasteiger partial charge in [-0.1, -0.05) is 30.3 Å². The maximum Gasteiger partial charge on any atom is 0.339 e. The number of likely N-dealkylation sites (tertiary alicyclic amines) is 1. The average molecular weight is 475 g/mol. The van der Waals surface area contributed by atoms with E-state index in [1.54, 1.807) is 0 Å². The highest BCUT2D eigenvalue weighted by Crippen LogP contribution is 2.44. The zero-order chi connectivity index (χ0) is 24.4. The van der Waals surface area contributed by atoms with Crippen molar-refractivity contribution in [1.82, 2.24) is 15.5 Å². The molecule has 0 radical (unpaired) electrons. The van der Waals surface area contributed by atoms with Crippen molar-refractivity contribution in [2.24, 2.45) is 0 Å². The third-order valence-electron chi connectivity index (χ3n) is 6.96. The SMILES string of the molecule is CN1CC2(C1)OC(=O)c1ccc(-c3ccc(C[C@@H](C#N)NC(=O)C4CNCCCCO4)cc3)cc12. The molecule has 8 heteroatoms. The highest BCUT2D eigenvalue weighted by atomic mass is 16.6. The van der Waals surface area contributed by atoms with Crippen molar-refractivity contribution < 1.29 is 19.1 Å². The molecule has 0 saturated carbocycles. The maximum absolute atomic E-state index is 12.6. The smallest absolute Gasteiger partial charge is 0.339 e. The molecule has 2 fully saturated rings. The van der Waals surface area contributed by atoms with Gasteiger partial charge in [-0.2, -0.15) is 5.26 Å². The van der Waals surface area contributed by atoms with Gasteiger partial charge in [-0.3, -0.25) is 9.69 Å². The number of hydrogen-bond donors (Lipinski definition) is 2. The van der Waals surface area contributed by atoms with Gasteiger partial charge in [-0.05, 0) is 55.3 Å². The molecular formula is C27H30N4O4. The highest BCUT2D eigenvalue weighted by molar-refractivity contribution is 5.96. The first-order valence-electron chi connectivity index (χ1n) is 12.2. The molecule has 3 heterocycles. The van der Waals surface area contributed by atoms with E-state index in [0.717, 1.165) is 41.6 Å². The number of amides is 1. The molecule has 2 atom stereocenters. The van der Waals surface area contributed by atoms with E-state index in [1.165, 1.54) is 0 Å². The quantitative estimate of drug-likeness (QED) is 0.639. The van der Waals surface area contributed by atoms with Crippen LogP contribution < -0.4 is 10.6 Å². The maximum atomic E-state index is 12.6. The minimum atomic E-state index is -0.638. The fourth-order valence-electron chi connectivity index (χ4n) is 5.13. The number of esters is 1. The van der Waals surface area contributed by atoms with Gasteiger partial charge in [0.25, 0.3) is 5.91 Å². The van der Waals surface area contributed by atoms with Crippen LogP contribution in [-0.4, -0.2) is 68.8 Å². The summed E-state index contributed by atoms with van der Waals surface area (Å²) in [6, 6.07) is 15.4. The lowest BCUT2D eigenvalue weighted by Crippen LogP contribution is -2.57. The molecule has 2 aromatic rings. The second kappa shape index (κ2) is 9.78. The normalized spacial score (nSPS) is 22.2. The zero-order valence-corrected chi connectivity index (χ0v) is 19.9. The molecule has 3 aliphatic rings. The Hall–Kier alpha value is -3.25. The van der Waals surface area contributed by atoms with E-state index in [9.17, 15) is 14.9 Å². The monoisotopic (exact) mass is 474 g/mol. The Morgan fingerprint density at radius 1 is 1.23 bits per heavy atom. The van der Waals surface area contributed by atoms with Crippen LogP contribution in [0.1, 0.15) is 34.3 Å². The summed E-state index contributed by atoms with van der Waals surface area (Å²) < 4.78 is 11.4. The molecule has 1 spiro atoms.